The number of carboxylic acids is 1. The fourth-order valence-corrected chi connectivity index (χ4v) is 3.70. The molecule has 1 saturated heterocycles. The molecule has 0 spiro atoms. The van der Waals surface area contributed by atoms with Crippen LogP contribution in [0, 0.1) is 11.8 Å². The molecule has 0 saturated carbocycles. The Morgan fingerprint density at radius 2 is 2.00 bits per heavy atom. The van der Waals surface area contributed by atoms with E-state index in [1.54, 1.807) is 0 Å². The van der Waals surface area contributed by atoms with Crippen LogP contribution in [0.3, 0.4) is 0 Å². The Hall–Kier alpha value is -1.13. The lowest BCUT2D eigenvalue weighted by atomic mass is 9.80. The van der Waals surface area contributed by atoms with Crippen LogP contribution >= 0.6 is 0 Å². The molecule has 0 unspecified atom stereocenters. The third-order valence-corrected chi connectivity index (χ3v) is 5.58. The van der Waals surface area contributed by atoms with Gasteiger partial charge in [0.25, 0.3) is 0 Å². The normalized spacial score (nSPS) is 28.4. The van der Waals surface area contributed by atoms with Crippen molar-refractivity contribution >= 4 is 5.97 Å². The van der Waals surface area contributed by atoms with E-state index in [0.29, 0.717) is 5.92 Å². The third-order valence-electron chi connectivity index (χ3n) is 5.58. The number of rotatable bonds is 11. The number of allylic oxidation sites excluding steroid dienone is 3. The molecule has 26 heavy (non-hydrogen) atoms. The van der Waals surface area contributed by atoms with Gasteiger partial charge in [0.1, 0.15) is 11.7 Å². The van der Waals surface area contributed by atoms with Gasteiger partial charge in [0, 0.05) is 0 Å². The molecule has 1 fully saturated rings. The monoisotopic (exact) mass is 366 g/mol. The van der Waals surface area contributed by atoms with Gasteiger partial charge in [-0.15, -0.1) is 0 Å². The summed E-state index contributed by atoms with van der Waals surface area (Å²) < 4.78 is 0. The van der Waals surface area contributed by atoms with Crippen molar-refractivity contribution in [2.24, 2.45) is 11.8 Å². The maximum absolute atomic E-state index is 11.1. The van der Waals surface area contributed by atoms with Gasteiger partial charge < -0.3 is 5.11 Å². The maximum Gasteiger partial charge on any atom is 0.306 e. The Balaban J connectivity index is 2.94. The highest BCUT2D eigenvalue weighted by atomic mass is 17.2. The molecule has 1 rings (SSSR count). The predicted molar refractivity (Wildman–Crippen MR) is 106 cm³/mol. The van der Waals surface area contributed by atoms with E-state index in [2.05, 4.69) is 52.8 Å². The SMILES string of the molecule is CC/C=C/[C@H](CC)C/C(=C/[C@]1(CC)C[C@H](CC)[C@H](CC(=O)O)OO1)CC. The Bertz CT molecular complexity index is 483. The van der Waals surface area contributed by atoms with Gasteiger partial charge in [-0.05, 0) is 50.4 Å². The molecule has 1 N–H and O–H groups in total. The van der Waals surface area contributed by atoms with Crippen molar-refractivity contribution in [2.45, 2.75) is 97.7 Å². The van der Waals surface area contributed by atoms with Crippen molar-refractivity contribution in [3.05, 3.63) is 23.8 Å². The summed E-state index contributed by atoms with van der Waals surface area (Å²) in [5.74, 6) is -0.0725. The molecule has 150 valence electrons. The highest BCUT2D eigenvalue weighted by Gasteiger charge is 2.41. The smallest absolute Gasteiger partial charge is 0.306 e. The zero-order chi connectivity index (χ0) is 19.6. The van der Waals surface area contributed by atoms with Gasteiger partial charge in [-0.2, -0.15) is 0 Å². The van der Waals surface area contributed by atoms with Crippen molar-refractivity contribution in [1.82, 2.24) is 0 Å². The second-order valence-corrected chi connectivity index (χ2v) is 7.47. The van der Waals surface area contributed by atoms with Crippen LogP contribution in [0.2, 0.25) is 0 Å². The van der Waals surface area contributed by atoms with Gasteiger partial charge in [0.15, 0.2) is 0 Å². The van der Waals surface area contributed by atoms with Crippen LogP contribution in [-0.4, -0.2) is 22.8 Å². The van der Waals surface area contributed by atoms with E-state index in [0.717, 1.165) is 44.9 Å². The third kappa shape index (κ3) is 6.88. The largest absolute Gasteiger partial charge is 0.481 e. The Morgan fingerprint density at radius 3 is 2.50 bits per heavy atom. The molecule has 1 heterocycles. The summed E-state index contributed by atoms with van der Waals surface area (Å²) in [7, 11) is 0. The molecule has 0 aliphatic carbocycles. The van der Waals surface area contributed by atoms with Crippen molar-refractivity contribution in [1.29, 1.82) is 0 Å². The van der Waals surface area contributed by atoms with E-state index >= 15 is 0 Å². The summed E-state index contributed by atoms with van der Waals surface area (Å²) in [5, 5.41) is 9.09. The first-order valence-electron chi connectivity index (χ1n) is 10.4. The minimum absolute atomic E-state index is 0.00235. The molecule has 0 aromatic carbocycles. The Kier molecular flexibility index (Phi) is 10.2. The summed E-state index contributed by atoms with van der Waals surface area (Å²) in [6, 6.07) is 0. The molecule has 0 aromatic heterocycles. The van der Waals surface area contributed by atoms with Gasteiger partial charge in [-0.1, -0.05) is 64.8 Å². The fourth-order valence-electron chi connectivity index (χ4n) is 3.70. The van der Waals surface area contributed by atoms with Gasteiger partial charge in [0.2, 0.25) is 0 Å². The van der Waals surface area contributed by atoms with Crippen molar-refractivity contribution in [3.8, 4) is 0 Å². The van der Waals surface area contributed by atoms with E-state index in [4.69, 9.17) is 14.9 Å². The zero-order valence-electron chi connectivity index (χ0n) is 17.3. The maximum atomic E-state index is 11.1. The van der Waals surface area contributed by atoms with Crippen molar-refractivity contribution in [3.63, 3.8) is 0 Å². The molecule has 1 aliphatic rings. The quantitative estimate of drug-likeness (QED) is 0.356. The lowest BCUT2D eigenvalue weighted by molar-refractivity contribution is -0.409. The van der Waals surface area contributed by atoms with Gasteiger partial charge in [0.05, 0.1) is 6.42 Å². The highest BCUT2D eigenvalue weighted by Crippen LogP contribution is 2.39. The lowest BCUT2D eigenvalue weighted by Gasteiger charge is -2.41. The molecular formula is C22H38O4. The molecular weight excluding hydrogens is 328 g/mol. The van der Waals surface area contributed by atoms with Crippen LogP contribution in [0.25, 0.3) is 0 Å². The van der Waals surface area contributed by atoms with Crippen LogP contribution in [0.4, 0.5) is 0 Å². The van der Waals surface area contributed by atoms with Gasteiger partial charge in [-0.25, -0.2) is 9.78 Å². The second kappa shape index (κ2) is 11.6. The number of carboxylic acid groups (broad SMARTS) is 1. The predicted octanol–water partition coefficient (Wildman–Crippen LogP) is 6.08. The summed E-state index contributed by atoms with van der Waals surface area (Å²) in [6.07, 6.45) is 13.3. The van der Waals surface area contributed by atoms with E-state index in [1.807, 2.05) is 0 Å². The highest BCUT2D eigenvalue weighted by molar-refractivity contribution is 5.67. The molecule has 4 atom stereocenters. The van der Waals surface area contributed by atoms with Gasteiger partial charge in [-0.3, -0.25) is 4.79 Å². The minimum atomic E-state index is -0.834. The van der Waals surface area contributed by atoms with E-state index in [9.17, 15) is 4.79 Å². The van der Waals surface area contributed by atoms with Crippen LogP contribution in [-0.2, 0) is 14.6 Å². The van der Waals surface area contributed by atoms with Crippen molar-refractivity contribution in [2.75, 3.05) is 0 Å². The summed E-state index contributed by atoms with van der Waals surface area (Å²) in [6.45, 7) is 10.8. The van der Waals surface area contributed by atoms with Crippen LogP contribution in [0.5, 0.6) is 0 Å². The fraction of sp³-hybridized carbons (Fsp3) is 0.773. The number of aliphatic carboxylic acids is 1. The summed E-state index contributed by atoms with van der Waals surface area (Å²) in [5.41, 5.74) is 0.961. The first-order valence-corrected chi connectivity index (χ1v) is 10.4. The van der Waals surface area contributed by atoms with E-state index < -0.39 is 11.6 Å². The summed E-state index contributed by atoms with van der Waals surface area (Å²) in [4.78, 5) is 22.5. The lowest BCUT2D eigenvalue weighted by Crippen LogP contribution is -2.44. The number of carbonyl (C=O) groups is 1. The average molecular weight is 367 g/mol. The van der Waals surface area contributed by atoms with Crippen LogP contribution in [0.1, 0.15) is 86.0 Å². The molecule has 0 amide bonds. The first-order chi connectivity index (χ1) is 12.4. The first kappa shape index (κ1) is 22.9. The van der Waals surface area contributed by atoms with Gasteiger partial charge >= 0.3 is 5.97 Å². The number of hydrogen-bond donors (Lipinski definition) is 1. The van der Waals surface area contributed by atoms with E-state index in [-0.39, 0.29) is 18.4 Å². The number of hydrogen-bond acceptors (Lipinski definition) is 3. The zero-order valence-corrected chi connectivity index (χ0v) is 17.3. The average Bonchev–Trinajstić information content (AvgIpc) is 2.65. The molecule has 4 nitrogen and oxygen atoms in total. The topological polar surface area (TPSA) is 55.8 Å². The van der Waals surface area contributed by atoms with Crippen LogP contribution in [0.15, 0.2) is 23.8 Å². The molecule has 1 aliphatic heterocycles. The summed E-state index contributed by atoms with van der Waals surface area (Å²) >= 11 is 0. The molecule has 0 radical (unpaired) electrons. The van der Waals surface area contributed by atoms with E-state index in [1.165, 1.54) is 5.57 Å². The second-order valence-electron chi connectivity index (χ2n) is 7.47. The van der Waals surface area contributed by atoms with Crippen molar-refractivity contribution < 1.29 is 19.7 Å². The minimum Gasteiger partial charge on any atom is -0.481 e. The van der Waals surface area contributed by atoms with Crippen LogP contribution < -0.4 is 0 Å². The standard InChI is InChI=1S/C22H38O4/c1-6-11-12-17(7-2)13-18(8-3)15-22(10-5)16-19(9-4)20(25-26-22)14-21(23)24/h11-12,15,17,19-20H,6-10,13-14,16H2,1-5H3,(H,23,24)/b12-11+,18-15+/t17-,19-,20-,22+/m0/s1. The molecule has 0 bridgehead atoms. The Labute approximate surface area is 159 Å². The Morgan fingerprint density at radius 1 is 1.27 bits per heavy atom. The molecule has 4 heteroatoms. The molecule has 0 aromatic rings.